The molecule has 2 heterocycles. The van der Waals surface area contributed by atoms with Crippen LogP contribution >= 0.6 is 12.4 Å². The van der Waals surface area contributed by atoms with E-state index in [1.807, 2.05) is 12.4 Å². The fraction of sp³-hybridized carbons (Fsp3) is 0.421. The maximum absolute atomic E-state index is 4.10. The molecular formula is C19H24ClN3. The summed E-state index contributed by atoms with van der Waals surface area (Å²) in [4.78, 5) is 8.97. The van der Waals surface area contributed by atoms with Crippen molar-refractivity contribution in [2.75, 3.05) is 25.0 Å². The third-order valence-electron chi connectivity index (χ3n) is 4.93. The average molecular weight is 330 g/mol. The molecule has 23 heavy (non-hydrogen) atoms. The second kappa shape index (κ2) is 6.90. The van der Waals surface area contributed by atoms with Crippen molar-refractivity contribution in [2.24, 2.45) is 5.92 Å². The Labute approximate surface area is 144 Å². The monoisotopic (exact) mass is 329 g/mol. The van der Waals surface area contributed by atoms with Gasteiger partial charge in [-0.25, -0.2) is 0 Å². The first-order valence-electron chi connectivity index (χ1n) is 8.27. The van der Waals surface area contributed by atoms with Crippen LogP contribution < -0.4 is 4.90 Å². The van der Waals surface area contributed by atoms with Crippen molar-refractivity contribution in [3.05, 3.63) is 53.9 Å². The molecule has 4 heteroatoms. The highest BCUT2D eigenvalue weighted by molar-refractivity contribution is 5.85. The van der Waals surface area contributed by atoms with Gasteiger partial charge < -0.3 is 4.90 Å². The number of nitrogens with zero attached hydrogens (tertiary/aromatic N) is 3. The molecule has 1 saturated carbocycles. The molecule has 2 aromatic rings. The van der Waals surface area contributed by atoms with Crippen molar-refractivity contribution >= 4 is 23.8 Å². The van der Waals surface area contributed by atoms with E-state index in [2.05, 4.69) is 52.2 Å². The lowest BCUT2D eigenvalue weighted by Gasteiger charge is -2.30. The lowest BCUT2D eigenvalue weighted by Crippen LogP contribution is -2.32. The molecule has 4 rings (SSSR count). The van der Waals surface area contributed by atoms with Gasteiger partial charge in [0.2, 0.25) is 0 Å². The Kier molecular flexibility index (Phi) is 4.88. The van der Waals surface area contributed by atoms with Gasteiger partial charge in [-0.1, -0.05) is 6.07 Å². The molecule has 1 aromatic heterocycles. The van der Waals surface area contributed by atoms with Gasteiger partial charge in [0.15, 0.2) is 0 Å². The van der Waals surface area contributed by atoms with Gasteiger partial charge in [-0.2, -0.15) is 0 Å². The molecule has 0 radical (unpaired) electrons. The highest BCUT2D eigenvalue weighted by Gasteiger charge is 2.26. The van der Waals surface area contributed by atoms with Gasteiger partial charge in [-0.3, -0.25) is 9.88 Å². The molecule has 1 aliphatic carbocycles. The number of aromatic nitrogens is 1. The maximum atomic E-state index is 4.10. The Morgan fingerprint density at radius 1 is 1.09 bits per heavy atom. The molecule has 1 aliphatic heterocycles. The normalized spacial score (nSPS) is 17.3. The number of benzene rings is 1. The molecule has 0 atom stereocenters. The molecule has 0 bridgehead atoms. The lowest BCUT2D eigenvalue weighted by atomic mass is 9.98. The molecular weight excluding hydrogens is 306 g/mol. The van der Waals surface area contributed by atoms with E-state index in [4.69, 9.17) is 0 Å². The summed E-state index contributed by atoms with van der Waals surface area (Å²) >= 11 is 0. The number of anilines is 2. The van der Waals surface area contributed by atoms with Crippen molar-refractivity contribution in [3.63, 3.8) is 0 Å². The topological polar surface area (TPSA) is 19.4 Å². The van der Waals surface area contributed by atoms with Crippen LogP contribution in [0.2, 0.25) is 0 Å². The first-order chi connectivity index (χ1) is 10.8. The van der Waals surface area contributed by atoms with E-state index in [9.17, 15) is 0 Å². The summed E-state index contributed by atoms with van der Waals surface area (Å²) in [5.74, 6) is 0.976. The SMILES string of the molecule is CN(c1ccncc1)c1ccc2c(c1)CN(CC1CC1)CC2.Cl. The van der Waals surface area contributed by atoms with E-state index < -0.39 is 0 Å². The fourth-order valence-corrected chi connectivity index (χ4v) is 3.35. The zero-order valence-corrected chi connectivity index (χ0v) is 14.4. The summed E-state index contributed by atoms with van der Waals surface area (Å²) in [6.45, 7) is 3.64. The molecule has 0 saturated heterocycles. The summed E-state index contributed by atoms with van der Waals surface area (Å²) in [6, 6.07) is 11.0. The first-order valence-corrected chi connectivity index (χ1v) is 8.27. The molecule has 122 valence electrons. The van der Waals surface area contributed by atoms with Gasteiger partial charge in [0.1, 0.15) is 0 Å². The second-order valence-electron chi connectivity index (χ2n) is 6.65. The molecule has 0 N–H and O–H groups in total. The molecule has 2 aliphatic rings. The van der Waals surface area contributed by atoms with Crippen LogP contribution in [0.1, 0.15) is 24.0 Å². The van der Waals surface area contributed by atoms with Crippen LogP contribution in [0.15, 0.2) is 42.7 Å². The predicted molar refractivity (Wildman–Crippen MR) is 97.7 cm³/mol. The number of hydrogen-bond acceptors (Lipinski definition) is 3. The van der Waals surface area contributed by atoms with E-state index in [1.54, 1.807) is 0 Å². The largest absolute Gasteiger partial charge is 0.345 e. The quantitative estimate of drug-likeness (QED) is 0.844. The third kappa shape index (κ3) is 3.67. The van der Waals surface area contributed by atoms with E-state index in [0.29, 0.717) is 0 Å². The van der Waals surface area contributed by atoms with Gasteiger partial charge in [0.25, 0.3) is 0 Å². The zero-order chi connectivity index (χ0) is 14.9. The molecule has 1 aromatic carbocycles. The average Bonchev–Trinajstić information content (AvgIpc) is 3.38. The minimum absolute atomic E-state index is 0. The maximum Gasteiger partial charge on any atom is 0.0438 e. The van der Waals surface area contributed by atoms with Crippen molar-refractivity contribution in [1.29, 1.82) is 0 Å². The van der Waals surface area contributed by atoms with Crippen molar-refractivity contribution in [2.45, 2.75) is 25.8 Å². The molecule has 0 unspecified atom stereocenters. The van der Waals surface area contributed by atoms with Gasteiger partial charge >= 0.3 is 0 Å². The van der Waals surface area contributed by atoms with Gasteiger partial charge in [-0.15, -0.1) is 12.4 Å². The fourth-order valence-electron chi connectivity index (χ4n) is 3.35. The number of halogens is 1. The van der Waals surface area contributed by atoms with Crippen LogP contribution in [0.5, 0.6) is 0 Å². The minimum atomic E-state index is 0. The second-order valence-corrected chi connectivity index (χ2v) is 6.65. The highest BCUT2D eigenvalue weighted by atomic mass is 35.5. The zero-order valence-electron chi connectivity index (χ0n) is 13.6. The Morgan fingerprint density at radius 3 is 2.61 bits per heavy atom. The number of fused-ring (bicyclic) bond motifs is 1. The summed E-state index contributed by atoms with van der Waals surface area (Å²) in [7, 11) is 2.13. The summed E-state index contributed by atoms with van der Waals surface area (Å²) in [6.07, 6.45) is 7.77. The van der Waals surface area contributed by atoms with E-state index in [1.165, 1.54) is 54.9 Å². The van der Waals surface area contributed by atoms with Gasteiger partial charge in [0, 0.05) is 50.5 Å². The van der Waals surface area contributed by atoms with Gasteiger partial charge in [0.05, 0.1) is 0 Å². The van der Waals surface area contributed by atoms with E-state index in [0.717, 1.165) is 12.5 Å². The summed E-state index contributed by atoms with van der Waals surface area (Å²) in [5, 5.41) is 0. The molecule has 0 amide bonds. The summed E-state index contributed by atoms with van der Waals surface area (Å²) in [5.41, 5.74) is 5.48. The van der Waals surface area contributed by atoms with Crippen molar-refractivity contribution < 1.29 is 0 Å². The van der Waals surface area contributed by atoms with Crippen molar-refractivity contribution in [1.82, 2.24) is 9.88 Å². The Balaban J connectivity index is 0.00000156. The van der Waals surface area contributed by atoms with E-state index >= 15 is 0 Å². The predicted octanol–water partition coefficient (Wildman–Crippen LogP) is 4.04. The lowest BCUT2D eigenvalue weighted by molar-refractivity contribution is 0.244. The number of hydrogen-bond donors (Lipinski definition) is 0. The van der Waals surface area contributed by atoms with Crippen LogP contribution in [0, 0.1) is 5.92 Å². The van der Waals surface area contributed by atoms with Crippen LogP contribution in [-0.4, -0.2) is 30.0 Å². The minimum Gasteiger partial charge on any atom is -0.345 e. The highest BCUT2D eigenvalue weighted by Crippen LogP contribution is 2.33. The van der Waals surface area contributed by atoms with Crippen LogP contribution in [0.3, 0.4) is 0 Å². The standard InChI is InChI=1S/C19H23N3.ClH/c1-21(18-6-9-20-10-7-18)19-5-4-16-8-11-22(13-15-2-3-15)14-17(16)12-19;/h4-7,9-10,12,15H,2-3,8,11,13-14H2,1H3;1H. The van der Waals surface area contributed by atoms with E-state index in [-0.39, 0.29) is 12.4 Å². The Bertz CT molecular complexity index is 655. The first kappa shape index (κ1) is 16.3. The Hall–Kier alpha value is -1.58. The molecule has 0 spiro atoms. The van der Waals surface area contributed by atoms with Crippen molar-refractivity contribution in [3.8, 4) is 0 Å². The van der Waals surface area contributed by atoms with Crippen LogP contribution in [-0.2, 0) is 13.0 Å². The van der Waals surface area contributed by atoms with Gasteiger partial charge in [-0.05, 0) is 60.6 Å². The number of rotatable bonds is 4. The molecule has 1 fully saturated rings. The number of pyridine rings is 1. The smallest absolute Gasteiger partial charge is 0.0438 e. The van der Waals surface area contributed by atoms with Crippen LogP contribution in [0.25, 0.3) is 0 Å². The molecule has 3 nitrogen and oxygen atoms in total. The Morgan fingerprint density at radius 2 is 1.87 bits per heavy atom. The third-order valence-corrected chi connectivity index (χ3v) is 4.93. The summed E-state index contributed by atoms with van der Waals surface area (Å²) < 4.78 is 0. The van der Waals surface area contributed by atoms with Crippen LogP contribution in [0.4, 0.5) is 11.4 Å².